The Balaban J connectivity index is 1.79. The maximum atomic E-state index is 12.0. The maximum absolute atomic E-state index is 12.0. The van der Waals surface area contributed by atoms with Gasteiger partial charge in [-0.2, -0.15) is 5.10 Å². The fraction of sp³-hybridized carbons (Fsp3) is 0.444. The van der Waals surface area contributed by atoms with E-state index in [4.69, 9.17) is 21.1 Å². The van der Waals surface area contributed by atoms with Crippen LogP contribution >= 0.6 is 11.6 Å². The molecule has 1 aromatic heterocycles. The van der Waals surface area contributed by atoms with Crippen LogP contribution in [0.2, 0.25) is 5.02 Å². The molecule has 1 amide bonds. The molecular weight excluding hydrogens is 342 g/mol. The highest BCUT2D eigenvalue weighted by molar-refractivity contribution is 6.32. The largest absolute Gasteiger partial charge is 0.470 e. The zero-order chi connectivity index (χ0) is 18.2. The van der Waals surface area contributed by atoms with Gasteiger partial charge >= 0.3 is 0 Å². The number of amides is 1. The van der Waals surface area contributed by atoms with Gasteiger partial charge in [-0.1, -0.05) is 17.7 Å². The molecule has 0 atom stereocenters. The molecule has 1 N–H and O–H groups in total. The third-order valence-corrected chi connectivity index (χ3v) is 3.68. The van der Waals surface area contributed by atoms with Crippen molar-refractivity contribution in [3.63, 3.8) is 0 Å². The average Bonchev–Trinajstić information content (AvgIpc) is 3.04. The number of nitrogens with zero attached hydrogens (tertiary/aromatic N) is 2. The van der Waals surface area contributed by atoms with Gasteiger partial charge in [0.2, 0.25) is 0 Å². The zero-order valence-corrected chi connectivity index (χ0v) is 15.5. The van der Waals surface area contributed by atoms with Crippen molar-refractivity contribution in [1.29, 1.82) is 0 Å². The summed E-state index contributed by atoms with van der Waals surface area (Å²) >= 11 is 6.09. The van der Waals surface area contributed by atoms with Gasteiger partial charge in [0.05, 0.1) is 11.1 Å². The molecule has 0 bridgehead atoms. The minimum atomic E-state index is -0.211. The van der Waals surface area contributed by atoms with E-state index in [0.717, 1.165) is 12.0 Å². The number of ether oxygens (including phenoxy) is 2. The van der Waals surface area contributed by atoms with E-state index in [9.17, 15) is 4.79 Å². The molecule has 2 rings (SSSR count). The van der Waals surface area contributed by atoms with Crippen LogP contribution in [0.25, 0.3) is 0 Å². The molecule has 1 heterocycles. The lowest BCUT2D eigenvalue weighted by atomic mass is 10.2. The van der Waals surface area contributed by atoms with E-state index < -0.39 is 0 Å². The van der Waals surface area contributed by atoms with Gasteiger partial charge in [0.15, 0.2) is 6.73 Å². The molecule has 0 spiro atoms. The van der Waals surface area contributed by atoms with Crippen LogP contribution in [-0.4, -0.2) is 34.9 Å². The second-order valence-corrected chi connectivity index (χ2v) is 6.38. The Kier molecular flexibility index (Phi) is 7.28. The summed E-state index contributed by atoms with van der Waals surface area (Å²) in [7, 11) is 0. The monoisotopic (exact) mass is 365 g/mol. The van der Waals surface area contributed by atoms with E-state index in [1.54, 1.807) is 23.0 Å². The highest BCUT2D eigenvalue weighted by Gasteiger charge is 2.09. The van der Waals surface area contributed by atoms with Crippen molar-refractivity contribution in [2.24, 2.45) is 0 Å². The third kappa shape index (κ3) is 6.40. The number of aryl methyl sites for hydroxylation is 1. The lowest BCUT2D eigenvalue weighted by Gasteiger charge is -2.09. The standard InChI is InChI=1S/C18H24ClN3O3/c1-13(2)24-10-4-8-20-18(23)16-7-9-22(21-16)12-25-17-11-14(3)5-6-15(17)19/h5-7,9,11,13H,4,8,10,12H2,1-3H3,(H,20,23). The molecule has 0 aliphatic carbocycles. The number of hydrogen-bond acceptors (Lipinski definition) is 4. The summed E-state index contributed by atoms with van der Waals surface area (Å²) in [6.45, 7) is 7.28. The minimum Gasteiger partial charge on any atom is -0.470 e. The Morgan fingerprint density at radius 2 is 2.16 bits per heavy atom. The number of halogens is 1. The molecular formula is C18H24ClN3O3. The fourth-order valence-electron chi connectivity index (χ4n) is 2.10. The highest BCUT2D eigenvalue weighted by atomic mass is 35.5. The summed E-state index contributed by atoms with van der Waals surface area (Å²) in [6.07, 6.45) is 2.66. The summed E-state index contributed by atoms with van der Waals surface area (Å²) in [4.78, 5) is 12.0. The normalized spacial score (nSPS) is 10.9. The molecule has 25 heavy (non-hydrogen) atoms. The molecule has 136 valence electrons. The van der Waals surface area contributed by atoms with Gasteiger partial charge in [0.25, 0.3) is 5.91 Å². The quantitative estimate of drug-likeness (QED) is 0.691. The number of benzene rings is 1. The van der Waals surface area contributed by atoms with Gasteiger partial charge in [-0.05, 0) is 51.0 Å². The lowest BCUT2D eigenvalue weighted by Crippen LogP contribution is -2.26. The highest BCUT2D eigenvalue weighted by Crippen LogP contribution is 2.25. The predicted molar refractivity (Wildman–Crippen MR) is 97.1 cm³/mol. The molecule has 0 radical (unpaired) electrons. The van der Waals surface area contributed by atoms with E-state index in [1.807, 2.05) is 32.9 Å². The molecule has 1 aromatic carbocycles. The van der Waals surface area contributed by atoms with Crippen molar-refractivity contribution in [3.8, 4) is 5.75 Å². The smallest absolute Gasteiger partial charge is 0.271 e. The Hall–Kier alpha value is -2.05. The number of hydrogen-bond donors (Lipinski definition) is 1. The van der Waals surface area contributed by atoms with Crippen molar-refractivity contribution in [2.75, 3.05) is 13.2 Å². The molecule has 6 nitrogen and oxygen atoms in total. The summed E-state index contributed by atoms with van der Waals surface area (Å²) in [6, 6.07) is 7.22. The van der Waals surface area contributed by atoms with Crippen LogP contribution in [-0.2, 0) is 11.5 Å². The van der Waals surface area contributed by atoms with Gasteiger partial charge in [-0.3, -0.25) is 4.79 Å². The van der Waals surface area contributed by atoms with Crippen LogP contribution in [0.1, 0.15) is 36.3 Å². The van der Waals surface area contributed by atoms with E-state index in [-0.39, 0.29) is 18.7 Å². The van der Waals surface area contributed by atoms with E-state index in [2.05, 4.69) is 10.4 Å². The fourth-order valence-corrected chi connectivity index (χ4v) is 2.27. The molecule has 0 fully saturated rings. The first kappa shape index (κ1) is 19.3. The summed E-state index contributed by atoms with van der Waals surface area (Å²) in [5.41, 5.74) is 1.41. The number of nitrogens with one attached hydrogen (secondary N) is 1. The Morgan fingerprint density at radius 3 is 2.92 bits per heavy atom. The van der Waals surface area contributed by atoms with Crippen LogP contribution < -0.4 is 10.1 Å². The third-order valence-electron chi connectivity index (χ3n) is 3.37. The van der Waals surface area contributed by atoms with Gasteiger partial charge < -0.3 is 14.8 Å². The van der Waals surface area contributed by atoms with Gasteiger partial charge in [0.1, 0.15) is 11.4 Å². The van der Waals surface area contributed by atoms with E-state index in [0.29, 0.717) is 29.6 Å². The first-order valence-corrected chi connectivity index (χ1v) is 8.65. The first-order chi connectivity index (χ1) is 12.0. The molecule has 0 aliphatic rings. The molecule has 2 aromatic rings. The summed E-state index contributed by atoms with van der Waals surface area (Å²) in [5, 5.41) is 7.57. The number of carbonyl (C=O) groups is 1. The molecule has 0 saturated heterocycles. The van der Waals surface area contributed by atoms with Gasteiger partial charge in [0, 0.05) is 19.3 Å². The Labute approximate surface area is 153 Å². The van der Waals surface area contributed by atoms with Crippen LogP contribution in [0.4, 0.5) is 0 Å². The lowest BCUT2D eigenvalue weighted by molar-refractivity contribution is 0.0756. The minimum absolute atomic E-state index is 0.179. The second kappa shape index (κ2) is 9.44. The van der Waals surface area contributed by atoms with Crippen LogP contribution in [0.5, 0.6) is 5.75 Å². The molecule has 0 unspecified atom stereocenters. The zero-order valence-electron chi connectivity index (χ0n) is 14.8. The van der Waals surface area contributed by atoms with Gasteiger partial charge in [-0.15, -0.1) is 0 Å². The molecule has 0 saturated carbocycles. The first-order valence-electron chi connectivity index (χ1n) is 8.28. The van der Waals surface area contributed by atoms with Crippen molar-refractivity contribution in [2.45, 2.75) is 40.0 Å². The summed E-state index contributed by atoms with van der Waals surface area (Å²) in [5.74, 6) is 0.380. The van der Waals surface area contributed by atoms with E-state index in [1.165, 1.54) is 0 Å². The predicted octanol–water partition coefficient (Wildman–Crippen LogP) is 3.43. The van der Waals surface area contributed by atoms with Crippen LogP contribution in [0, 0.1) is 6.92 Å². The second-order valence-electron chi connectivity index (χ2n) is 5.98. The number of aromatic nitrogens is 2. The van der Waals surface area contributed by atoms with E-state index >= 15 is 0 Å². The average molecular weight is 366 g/mol. The SMILES string of the molecule is Cc1ccc(Cl)c(OCn2ccc(C(=O)NCCCOC(C)C)n2)c1. The topological polar surface area (TPSA) is 65.4 Å². The van der Waals surface area contributed by atoms with Gasteiger partial charge in [-0.25, -0.2) is 4.68 Å². The maximum Gasteiger partial charge on any atom is 0.271 e. The van der Waals surface area contributed by atoms with Crippen LogP contribution in [0.15, 0.2) is 30.5 Å². The van der Waals surface area contributed by atoms with Crippen molar-refractivity contribution in [3.05, 3.63) is 46.7 Å². The summed E-state index contributed by atoms with van der Waals surface area (Å²) < 4.78 is 12.6. The molecule has 0 aliphatic heterocycles. The number of rotatable bonds is 9. The Morgan fingerprint density at radius 1 is 1.36 bits per heavy atom. The van der Waals surface area contributed by atoms with Crippen molar-refractivity contribution in [1.82, 2.24) is 15.1 Å². The van der Waals surface area contributed by atoms with Crippen LogP contribution in [0.3, 0.4) is 0 Å². The Bertz CT molecular complexity index is 701. The number of carbonyl (C=O) groups excluding carboxylic acids is 1. The van der Waals surface area contributed by atoms with Crippen molar-refractivity contribution >= 4 is 17.5 Å². The molecule has 7 heteroatoms. The van der Waals surface area contributed by atoms with Crippen molar-refractivity contribution < 1.29 is 14.3 Å².